The van der Waals surface area contributed by atoms with Crippen LogP contribution < -0.4 is 5.32 Å². The summed E-state index contributed by atoms with van der Waals surface area (Å²) in [6.07, 6.45) is 3.41. The van der Waals surface area contributed by atoms with E-state index in [9.17, 15) is 4.79 Å². The molecule has 4 rings (SSSR count). The van der Waals surface area contributed by atoms with E-state index in [0.717, 1.165) is 21.8 Å². The fourth-order valence-electron chi connectivity index (χ4n) is 2.86. The van der Waals surface area contributed by atoms with E-state index in [2.05, 4.69) is 25.5 Å². The van der Waals surface area contributed by atoms with Crippen molar-refractivity contribution >= 4 is 46.3 Å². The van der Waals surface area contributed by atoms with Gasteiger partial charge in [-0.25, -0.2) is 0 Å². The highest BCUT2D eigenvalue weighted by molar-refractivity contribution is 7.99. The van der Waals surface area contributed by atoms with Gasteiger partial charge >= 0.3 is 0 Å². The summed E-state index contributed by atoms with van der Waals surface area (Å²) in [4.78, 5) is 21.9. The van der Waals surface area contributed by atoms with E-state index in [4.69, 9.17) is 11.6 Å². The second-order valence-corrected chi connectivity index (χ2v) is 8.95. The largest absolute Gasteiger partial charge is 0.336 e. The number of nitrogens with zero attached hydrogens (tertiary/aromatic N) is 5. The van der Waals surface area contributed by atoms with Crippen molar-refractivity contribution in [1.82, 2.24) is 25.1 Å². The molecule has 1 aromatic carbocycles. The van der Waals surface area contributed by atoms with Gasteiger partial charge in [-0.1, -0.05) is 29.4 Å². The van der Waals surface area contributed by atoms with Crippen LogP contribution in [-0.4, -0.2) is 43.8 Å². The SMILES string of the molecule is CC(=NCNC(=O)CSc1nnc(-c2ccncc2)n1-c1ccc(Cl)cc1)c1cccs1. The summed E-state index contributed by atoms with van der Waals surface area (Å²) in [6.45, 7) is 2.16. The molecular formula is C22H19ClN6OS2. The third kappa shape index (κ3) is 5.42. The minimum atomic E-state index is -0.131. The molecule has 7 nitrogen and oxygen atoms in total. The average molecular weight is 483 g/mol. The monoisotopic (exact) mass is 482 g/mol. The van der Waals surface area contributed by atoms with Crippen LogP contribution in [-0.2, 0) is 4.79 Å². The van der Waals surface area contributed by atoms with Gasteiger partial charge in [-0.15, -0.1) is 21.5 Å². The predicted molar refractivity (Wildman–Crippen MR) is 130 cm³/mol. The summed E-state index contributed by atoms with van der Waals surface area (Å²) in [5.74, 6) is 0.720. The van der Waals surface area contributed by atoms with E-state index in [1.807, 2.05) is 65.4 Å². The van der Waals surface area contributed by atoms with E-state index in [1.54, 1.807) is 23.7 Å². The Labute approximate surface area is 198 Å². The van der Waals surface area contributed by atoms with Gasteiger partial charge in [0.2, 0.25) is 5.91 Å². The summed E-state index contributed by atoms with van der Waals surface area (Å²) in [5.41, 5.74) is 2.62. The highest BCUT2D eigenvalue weighted by Gasteiger charge is 2.17. The van der Waals surface area contributed by atoms with E-state index in [-0.39, 0.29) is 18.3 Å². The van der Waals surface area contributed by atoms with Crippen LogP contribution in [0.1, 0.15) is 11.8 Å². The number of aliphatic imine (C=N–C) groups is 1. The van der Waals surface area contributed by atoms with Crippen molar-refractivity contribution in [2.24, 2.45) is 4.99 Å². The Morgan fingerprint density at radius 1 is 1.16 bits per heavy atom. The Morgan fingerprint density at radius 2 is 1.94 bits per heavy atom. The third-order valence-electron chi connectivity index (χ3n) is 4.46. The zero-order chi connectivity index (χ0) is 22.3. The fraction of sp³-hybridized carbons (Fsp3) is 0.136. The van der Waals surface area contributed by atoms with Crippen LogP contribution in [0, 0.1) is 0 Å². The molecule has 4 aromatic rings. The number of hydrogen-bond acceptors (Lipinski definition) is 7. The number of aromatic nitrogens is 4. The Kier molecular flexibility index (Phi) is 7.31. The lowest BCUT2D eigenvalue weighted by Gasteiger charge is -2.10. The Balaban J connectivity index is 1.47. The number of thioether (sulfide) groups is 1. The molecule has 0 bridgehead atoms. The number of benzene rings is 1. The van der Waals surface area contributed by atoms with E-state index < -0.39 is 0 Å². The summed E-state index contributed by atoms with van der Waals surface area (Å²) < 4.78 is 1.91. The number of hydrogen-bond donors (Lipinski definition) is 1. The van der Waals surface area contributed by atoms with Crippen LogP contribution in [0.4, 0.5) is 0 Å². The molecule has 10 heteroatoms. The van der Waals surface area contributed by atoms with Gasteiger partial charge < -0.3 is 5.32 Å². The molecule has 0 aliphatic rings. The van der Waals surface area contributed by atoms with Crippen LogP contribution in [0.5, 0.6) is 0 Å². The lowest BCUT2D eigenvalue weighted by Crippen LogP contribution is -2.25. The maximum atomic E-state index is 12.4. The van der Waals surface area contributed by atoms with Crippen LogP contribution in [0.3, 0.4) is 0 Å². The number of carbonyl (C=O) groups is 1. The fourth-order valence-corrected chi connectivity index (χ4v) is 4.47. The molecule has 0 unspecified atom stereocenters. The molecule has 0 saturated carbocycles. The van der Waals surface area contributed by atoms with Crippen LogP contribution in [0.15, 0.2) is 76.5 Å². The third-order valence-corrected chi connectivity index (χ3v) is 6.62. The van der Waals surface area contributed by atoms with Crippen molar-refractivity contribution in [2.45, 2.75) is 12.1 Å². The first kappa shape index (κ1) is 22.2. The number of nitrogens with one attached hydrogen (secondary N) is 1. The summed E-state index contributed by atoms with van der Waals surface area (Å²) in [5, 5.41) is 14.7. The van der Waals surface area contributed by atoms with Crippen molar-refractivity contribution in [3.05, 3.63) is 76.2 Å². The molecule has 1 N–H and O–H groups in total. The van der Waals surface area contributed by atoms with Gasteiger partial charge in [-0.3, -0.25) is 19.3 Å². The van der Waals surface area contributed by atoms with Crippen molar-refractivity contribution in [2.75, 3.05) is 12.4 Å². The number of pyridine rings is 1. The molecule has 0 spiro atoms. The molecule has 0 atom stereocenters. The Bertz CT molecular complexity index is 1210. The van der Waals surface area contributed by atoms with Crippen LogP contribution in [0.25, 0.3) is 17.1 Å². The first-order chi connectivity index (χ1) is 15.6. The van der Waals surface area contributed by atoms with Gasteiger partial charge in [0.05, 0.1) is 11.5 Å². The zero-order valence-corrected chi connectivity index (χ0v) is 19.5. The van der Waals surface area contributed by atoms with E-state index in [1.165, 1.54) is 11.8 Å². The molecule has 1 amide bonds. The van der Waals surface area contributed by atoms with Gasteiger partial charge in [0.1, 0.15) is 6.67 Å². The molecule has 0 fully saturated rings. The quantitative estimate of drug-likeness (QED) is 0.290. The summed E-state index contributed by atoms with van der Waals surface area (Å²) >= 11 is 8.99. The standard InChI is InChI=1S/C22H19ClN6OS2/c1-15(19-3-2-12-31-19)25-14-26-20(30)13-32-22-28-27-21(16-8-10-24-11-9-16)29(22)18-6-4-17(23)5-7-18/h2-12H,13-14H2,1H3,(H,26,30). The number of amides is 1. The first-order valence-electron chi connectivity index (χ1n) is 9.68. The molecule has 32 heavy (non-hydrogen) atoms. The van der Waals surface area contributed by atoms with Crippen molar-refractivity contribution in [3.63, 3.8) is 0 Å². The molecule has 162 valence electrons. The van der Waals surface area contributed by atoms with Gasteiger partial charge in [-0.05, 0) is 54.8 Å². The molecule has 0 aliphatic carbocycles. The van der Waals surface area contributed by atoms with Crippen LogP contribution >= 0.6 is 34.7 Å². The lowest BCUT2D eigenvalue weighted by atomic mass is 10.2. The van der Waals surface area contributed by atoms with Crippen molar-refractivity contribution in [3.8, 4) is 17.1 Å². The molecule has 3 heterocycles. The van der Waals surface area contributed by atoms with Gasteiger partial charge in [-0.2, -0.15) is 0 Å². The minimum Gasteiger partial charge on any atom is -0.336 e. The molecule has 0 saturated heterocycles. The van der Waals surface area contributed by atoms with Crippen molar-refractivity contribution < 1.29 is 4.79 Å². The smallest absolute Gasteiger partial charge is 0.231 e. The molecular weight excluding hydrogens is 464 g/mol. The predicted octanol–water partition coefficient (Wildman–Crippen LogP) is 4.72. The maximum Gasteiger partial charge on any atom is 0.231 e. The summed E-state index contributed by atoms with van der Waals surface area (Å²) in [7, 11) is 0. The van der Waals surface area contributed by atoms with Crippen LogP contribution in [0.2, 0.25) is 5.02 Å². The highest BCUT2D eigenvalue weighted by atomic mass is 35.5. The number of halogens is 1. The first-order valence-corrected chi connectivity index (χ1v) is 11.9. The van der Waals surface area contributed by atoms with Gasteiger partial charge in [0.15, 0.2) is 11.0 Å². The molecule has 0 radical (unpaired) electrons. The van der Waals surface area contributed by atoms with E-state index in [0.29, 0.717) is 16.0 Å². The topological polar surface area (TPSA) is 85.1 Å². The molecule has 0 aliphatic heterocycles. The zero-order valence-electron chi connectivity index (χ0n) is 17.1. The minimum absolute atomic E-state index is 0.131. The maximum absolute atomic E-state index is 12.4. The van der Waals surface area contributed by atoms with Crippen molar-refractivity contribution in [1.29, 1.82) is 0 Å². The normalized spacial score (nSPS) is 11.5. The number of carbonyl (C=O) groups excluding carboxylic acids is 1. The Hall–Kier alpha value is -3.01. The Morgan fingerprint density at radius 3 is 2.66 bits per heavy atom. The second-order valence-electron chi connectivity index (χ2n) is 6.62. The lowest BCUT2D eigenvalue weighted by molar-refractivity contribution is -0.118. The number of rotatable bonds is 8. The highest BCUT2D eigenvalue weighted by Crippen LogP contribution is 2.28. The van der Waals surface area contributed by atoms with Gasteiger partial charge in [0, 0.05) is 33.5 Å². The van der Waals surface area contributed by atoms with Gasteiger partial charge in [0.25, 0.3) is 0 Å². The van der Waals surface area contributed by atoms with E-state index >= 15 is 0 Å². The average Bonchev–Trinajstić information content (AvgIpc) is 3.49. The summed E-state index contributed by atoms with van der Waals surface area (Å²) in [6, 6.07) is 15.1. The number of thiophene rings is 1. The second kappa shape index (κ2) is 10.5. The molecule has 3 aromatic heterocycles.